The van der Waals surface area contributed by atoms with Crippen molar-refractivity contribution < 1.29 is 41.2 Å². The fraction of sp³-hybridized carbons (Fsp3) is 0.667. The molecule has 2 N–H and O–H groups in total. The fourth-order valence-corrected chi connectivity index (χ4v) is 6.94. The number of phenols is 1. The van der Waals surface area contributed by atoms with E-state index in [1.165, 1.54) is 12.8 Å². The second-order valence-electron chi connectivity index (χ2n) is 9.61. The summed E-state index contributed by atoms with van der Waals surface area (Å²) in [6.07, 6.45) is 4.42. The predicted molar refractivity (Wildman–Crippen MR) is 94.1 cm³/mol. The van der Waals surface area contributed by atoms with Gasteiger partial charge in [-0.3, -0.25) is 4.79 Å². The highest BCUT2D eigenvalue weighted by Gasteiger charge is 2.76. The van der Waals surface area contributed by atoms with Gasteiger partial charge in [0.1, 0.15) is 11.6 Å². The van der Waals surface area contributed by atoms with E-state index in [0.29, 0.717) is 18.6 Å². The van der Waals surface area contributed by atoms with Crippen molar-refractivity contribution in [3.8, 4) is 11.5 Å². The van der Waals surface area contributed by atoms with Crippen LogP contribution < -0.4 is 21.7 Å². The number of nitrogens with zero attached hydrogens (tertiary/aromatic N) is 1. The van der Waals surface area contributed by atoms with E-state index >= 15 is 0 Å². The van der Waals surface area contributed by atoms with Crippen LogP contribution in [0.25, 0.3) is 0 Å². The number of quaternary nitrogens is 1. The first-order valence-corrected chi connectivity index (χ1v) is 10.0. The smallest absolute Gasteiger partial charge is 0.174 e. The zero-order valence-electron chi connectivity index (χ0n) is 15.6. The molecule has 1 spiro atoms. The van der Waals surface area contributed by atoms with Crippen molar-refractivity contribution in [2.45, 2.75) is 61.7 Å². The number of benzene rings is 1. The monoisotopic (exact) mass is 435 g/mol. The van der Waals surface area contributed by atoms with Gasteiger partial charge in [-0.2, -0.15) is 0 Å². The molecule has 2 aliphatic heterocycles. The molecule has 0 radical (unpaired) electrons. The zero-order valence-corrected chi connectivity index (χ0v) is 17.2. The molecule has 2 saturated carbocycles. The van der Waals surface area contributed by atoms with Crippen molar-refractivity contribution in [1.29, 1.82) is 0 Å². The Labute approximate surface area is 169 Å². The molecular weight excluding hydrogens is 410 g/mol. The molecule has 5 aliphatic rings. The first-order chi connectivity index (χ1) is 12.4. The van der Waals surface area contributed by atoms with Gasteiger partial charge in [0, 0.05) is 30.7 Å². The summed E-state index contributed by atoms with van der Waals surface area (Å²) in [5.41, 5.74) is 0.492. The number of ether oxygens (including phenoxy) is 1. The molecule has 3 fully saturated rings. The third-order valence-electron chi connectivity index (χ3n) is 8.28. The van der Waals surface area contributed by atoms with Crippen LogP contribution in [0.4, 0.5) is 0 Å². The van der Waals surface area contributed by atoms with Gasteiger partial charge in [-0.1, -0.05) is 6.07 Å². The minimum Gasteiger partial charge on any atom is -1.00 e. The molecule has 0 amide bonds. The first kappa shape index (κ1) is 18.0. The number of ketones is 1. The van der Waals surface area contributed by atoms with Crippen LogP contribution in [0.5, 0.6) is 11.5 Å². The number of hydrogen-bond acceptors (Lipinski definition) is 4. The number of piperidine rings is 1. The number of rotatable bonds is 2. The van der Waals surface area contributed by atoms with Crippen molar-refractivity contribution in [3.05, 3.63) is 23.3 Å². The Morgan fingerprint density at radius 2 is 2.07 bits per heavy atom. The van der Waals surface area contributed by atoms with Crippen LogP contribution in [0.3, 0.4) is 0 Å². The third kappa shape index (κ3) is 1.94. The molecule has 1 aromatic rings. The number of aliphatic hydroxyl groups is 1. The zero-order chi connectivity index (χ0) is 17.9. The van der Waals surface area contributed by atoms with Gasteiger partial charge in [0.25, 0.3) is 0 Å². The molecule has 146 valence electrons. The molecule has 0 unspecified atom stereocenters. The number of Topliss-reactive ketones (excluding diaryl/α,β-unsaturated/α-hetero) is 1. The number of likely N-dealkylation sites (tertiary alicyclic amines) is 1. The summed E-state index contributed by atoms with van der Waals surface area (Å²) >= 11 is 0. The minimum absolute atomic E-state index is 0. The van der Waals surface area contributed by atoms with Crippen LogP contribution in [-0.4, -0.2) is 58.4 Å². The molecule has 6 rings (SSSR count). The van der Waals surface area contributed by atoms with Crippen molar-refractivity contribution in [2.24, 2.45) is 5.92 Å². The maximum Gasteiger partial charge on any atom is 0.174 e. The van der Waals surface area contributed by atoms with Gasteiger partial charge in [0.05, 0.1) is 25.6 Å². The molecule has 2 heterocycles. The van der Waals surface area contributed by atoms with E-state index in [4.69, 9.17) is 4.74 Å². The quantitative estimate of drug-likeness (QED) is 0.565. The van der Waals surface area contributed by atoms with E-state index in [-0.39, 0.29) is 34.6 Å². The average molecular weight is 436 g/mol. The number of likely N-dealkylation sites (N-methyl/N-ethyl adjacent to an activating group) is 1. The predicted octanol–water partition coefficient (Wildman–Crippen LogP) is -1.33. The lowest BCUT2D eigenvalue weighted by molar-refractivity contribution is -0.950. The van der Waals surface area contributed by atoms with Crippen LogP contribution >= 0.6 is 0 Å². The van der Waals surface area contributed by atoms with E-state index in [9.17, 15) is 15.0 Å². The second kappa shape index (κ2) is 5.28. The summed E-state index contributed by atoms with van der Waals surface area (Å²) < 4.78 is 6.98. The summed E-state index contributed by atoms with van der Waals surface area (Å²) in [4.78, 5) is 12.8. The largest absolute Gasteiger partial charge is 1.00 e. The highest BCUT2D eigenvalue weighted by molar-refractivity contribution is 5.90. The number of carbonyl (C=O) groups is 1. The molecule has 5 nitrogen and oxygen atoms in total. The molecule has 5 atom stereocenters. The van der Waals surface area contributed by atoms with Crippen LogP contribution in [0.1, 0.15) is 43.2 Å². The van der Waals surface area contributed by atoms with E-state index in [2.05, 4.69) is 7.05 Å². The van der Waals surface area contributed by atoms with Gasteiger partial charge in [0.2, 0.25) is 0 Å². The van der Waals surface area contributed by atoms with Gasteiger partial charge in [-0.25, -0.2) is 0 Å². The lowest BCUT2D eigenvalue weighted by atomic mass is 9.48. The molecule has 27 heavy (non-hydrogen) atoms. The SMILES string of the molecule is C[N@+]1(CC2CC2)CC[C@]23c4c5ccc(O)c4O[C@H]2C(=O)CC[C@@]3(O)[C@H]1C5.[Br-]. The van der Waals surface area contributed by atoms with Crippen molar-refractivity contribution in [1.82, 2.24) is 0 Å². The van der Waals surface area contributed by atoms with Gasteiger partial charge < -0.3 is 36.4 Å². The highest BCUT2D eigenvalue weighted by atomic mass is 79.9. The number of aromatic hydroxyl groups is 1. The number of carbonyl (C=O) groups excluding carboxylic acids is 1. The number of hydrogen-bond donors (Lipinski definition) is 2. The van der Waals surface area contributed by atoms with Gasteiger partial charge >= 0.3 is 0 Å². The summed E-state index contributed by atoms with van der Waals surface area (Å²) in [5, 5.41) is 22.5. The molecular formula is C21H26BrNO4. The van der Waals surface area contributed by atoms with Crippen molar-refractivity contribution in [3.63, 3.8) is 0 Å². The fourth-order valence-electron chi connectivity index (χ4n) is 6.94. The van der Waals surface area contributed by atoms with E-state index in [1.807, 2.05) is 6.07 Å². The second-order valence-corrected chi connectivity index (χ2v) is 9.61. The van der Waals surface area contributed by atoms with E-state index in [1.54, 1.807) is 6.07 Å². The Hall–Kier alpha value is -1.11. The Morgan fingerprint density at radius 1 is 1.30 bits per heavy atom. The van der Waals surface area contributed by atoms with E-state index in [0.717, 1.165) is 47.5 Å². The maximum atomic E-state index is 12.8. The molecule has 1 saturated heterocycles. The highest BCUT2D eigenvalue weighted by Crippen LogP contribution is 2.65. The molecule has 0 aromatic heterocycles. The van der Waals surface area contributed by atoms with Crippen LogP contribution in [0, 0.1) is 5.92 Å². The van der Waals surface area contributed by atoms with Crippen molar-refractivity contribution >= 4 is 5.78 Å². The topological polar surface area (TPSA) is 66.8 Å². The maximum absolute atomic E-state index is 12.8. The standard InChI is InChI=1S/C21H25NO4.BrH/c1-22(11-12-2-3-12)9-8-20-17-13-4-5-14(23)18(17)26-19(20)15(24)6-7-21(20,25)16(22)10-13;/h4-5,12,16,19,25H,2-3,6-11H2,1H3;1H/t16-,19+,20+,21-,22-;/m1./s1. The molecule has 6 heteroatoms. The lowest BCUT2D eigenvalue weighted by Gasteiger charge is -2.64. The number of halogens is 1. The van der Waals surface area contributed by atoms with Crippen LogP contribution in [0.2, 0.25) is 0 Å². The molecule has 2 bridgehead atoms. The van der Waals surface area contributed by atoms with Crippen LogP contribution in [-0.2, 0) is 16.6 Å². The minimum atomic E-state index is -0.931. The molecule has 3 aliphatic carbocycles. The third-order valence-corrected chi connectivity index (χ3v) is 8.28. The van der Waals surface area contributed by atoms with Gasteiger partial charge in [-0.15, -0.1) is 0 Å². The van der Waals surface area contributed by atoms with Crippen LogP contribution in [0.15, 0.2) is 12.1 Å². The summed E-state index contributed by atoms with van der Waals surface area (Å²) in [6.45, 7) is 2.09. The lowest BCUT2D eigenvalue weighted by Crippen LogP contribution is -3.00. The molecule has 1 aromatic carbocycles. The first-order valence-electron chi connectivity index (χ1n) is 10.0. The Morgan fingerprint density at radius 3 is 2.81 bits per heavy atom. The van der Waals surface area contributed by atoms with Crippen molar-refractivity contribution in [2.75, 3.05) is 20.1 Å². The Balaban J connectivity index is 0.00000160. The summed E-state index contributed by atoms with van der Waals surface area (Å²) in [5.74, 6) is 1.42. The summed E-state index contributed by atoms with van der Waals surface area (Å²) in [7, 11) is 2.31. The van der Waals surface area contributed by atoms with Gasteiger partial charge in [-0.05, 0) is 30.9 Å². The van der Waals surface area contributed by atoms with Gasteiger partial charge in [0.15, 0.2) is 23.4 Å². The number of phenolic OH excluding ortho intramolecular Hbond substituents is 1. The van der Waals surface area contributed by atoms with E-state index < -0.39 is 17.1 Å². The Bertz CT molecular complexity index is 855. The normalized spacial score (nSPS) is 43.6. The Kier molecular flexibility index (Phi) is 3.51. The average Bonchev–Trinajstić information content (AvgIpc) is 3.32. The summed E-state index contributed by atoms with van der Waals surface area (Å²) in [6, 6.07) is 3.77.